The molecule has 1 saturated heterocycles. The average Bonchev–Trinajstić information content (AvgIpc) is 3.01. The van der Waals surface area contributed by atoms with Crippen molar-refractivity contribution in [3.8, 4) is 0 Å². The van der Waals surface area contributed by atoms with Crippen molar-refractivity contribution >= 4 is 12.0 Å². The highest BCUT2D eigenvalue weighted by atomic mass is 16.6. The smallest absolute Gasteiger partial charge is 0.407 e. The predicted molar refractivity (Wildman–Crippen MR) is 126 cm³/mol. The summed E-state index contributed by atoms with van der Waals surface area (Å²) in [6, 6.07) is 8.13. The number of rotatable bonds is 9. The number of ether oxygens (including phenoxy) is 1. The minimum absolute atomic E-state index is 0.124. The molecule has 2 amide bonds. The van der Waals surface area contributed by atoms with Crippen LogP contribution in [0.4, 0.5) is 4.79 Å². The molecule has 1 fully saturated rings. The van der Waals surface area contributed by atoms with E-state index in [2.05, 4.69) is 38.3 Å². The average molecular weight is 448 g/mol. The van der Waals surface area contributed by atoms with Gasteiger partial charge in [0.2, 0.25) is 5.91 Å². The molecule has 1 aromatic rings. The van der Waals surface area contributed by atoms with Gasteiger partial charge < -0.3 is 20.1 Å². The Morgan fingerprint density at radius 2 is 1.81 bits per heavy atom. The first kappa shape index (κ1) is 26.1. The van der Waals surface area contributed by atoms with Gasteiger partial charge in [0.1, 0.15) is 11.6 Å². The van der Waals surface area contributed by atoms with Gasteiger partial charge in [0.15, 0.2) is 0 Å². The molecule has 1 aliphatic rings. The molecule has 2 unspecified atom stereocenters. The fourth-order valence-corrected chi connectivity index (χ4v) is 3.92. The molecule has 1 heterocycles. The molecule has 1 aromatic carbocycles. The maximum absolute atomic E-state index is 13.3. The summed E-state index contributed by atoms with van der Waals surface area (Å²) in [4.78, 5) is 27.7. The third-order valence-corrected chi connectivity index (χ3v) is 5.57. The number of carbonyl (C=O) groups is 2. The fourth-order valence-electron chi connectivity index (χ4n) is 3.92. The van der Waals surface area contributed by atoms with Gasteiger partial charge in [-0.25, -0.2) is 4.79 Å². The molecule has 180 valence electrons. The van der Waals surface area contributed by atoms with E-state index in [9.17, 15) is 14.7 Å². The number of hydrogen-bond acceptors (Lipinski definition) is 5. The first-order valence-corrected chi connectivity index (χ1v) is 11.7. The van der Waals surface area contributed by atoms with Crippen molar-refractivity contribution in [2.24, 2.45) is 11.8 Å². The van der Waals surface area contributed by atoms with Gasteiger partial charge in [-0.3, -0.25) is 10.1 Å². The molecular weight excluding hydrogens is 406 g/mol. The van der Waals surface area contributed by atoms with Crippen LogP contribution in [-0.4, -0.2) is 58.5 Å². The van der Waals surface area contributed by atoms with E-state index in [1.165, 1.54) is 0 Å². The van der Waals surface area contributed by atoms with Gasteiger partial charge in [0, 0.05) is 6.54 Å². The van der Waals surface area contributed by atoms with E-state index in [-0.39, 0.29) is 18.0 Å². The zero-order chi connectivity index (χ0) is 24.1. The number of aliphatic hydroxyl groups excluding tert-OH is 1. The molecule has 1 aliphatic heterocycles. The van der Waals surface area contributed by atoms with Crippen LogP contribution in [0.1, 0.15) is 60.5 Å². The molecule has 3 N–H and O–H groups in total. The zero-order valence-corrected chi connectivity index (χ0v) is 20.6. The lowest BCUT2D eigenvalue weighted by Gasteiger charge is -2.29. The summed E-state index contributed by atoms with van der Waals surface area (Å²) >= 11 is 0. The molecule has 2 rings (SSSR count). The highest BCUT2D eigenvalue weighted by Gasteiger charge is 2.46. The fraction of sp³-hybridized carbons (Fsp3) is 0.680. The Balaban J connectivity index is 2.23. The standard InChI is InChI=1S/C25H41N3O4/c1-16(2)13-14-28-22(17(3)4)27-20(23(28)30)21(29)19(15-18-11-9-8-10-12-18)26-24(31)32-25(5,6)7/h8-12,16-17,19-22,27,29H,13-15H2,1-7H3,(H,26,31)/t19-,20?,21+,22?/m0/s1. The van der Waals surface area contributed by atoms with E-state index >= 15 is 0 Å². The second-order valence-corrected chi connectivity index (χ2v) is 10.5. The zero-order valence-electron chi connectivity index (χ0n) is 20.6. The number of aliphatic hydroxyl groups is 1. The summed E-state index contributed by atoms with van der Waals surface area (Å²) in [7, 11) is 0. The molecule has 4 atom stereocenters. The van der Waals surface area contributed by atoms with Gasteiger partial charge in [-0.1, -0.05) is 58.0 Å². The monoisotopic (exact) mass is 447 g/mol. The van der Waals surface area contributed by atoms with E-state index in [0.29, 0.717) is 18.9 Å². The summed E-state index contributed by atoms with van der Waals surface area (Å²) in [5.74, 6) is 0.537. The number of benzene rings is 1. The van der Waals surface area contributed by atoms with Crippen LogP contribution in [0, 0.1) is 11.8 Å². The number of carbonyl (C=O) groups excluding carboxylic acids is 2. The van der Waals surface area contributed by atoms with E-state index < -0.39 is 29.9 Å². The highest BCUT2D eigenvalue weighted by Crippen LogP contribution is 2.23. The molecule has 7 nitrogen and oxygen atoms in total. The minimum Gasteiger partial charge on any atom is -0.444 e. The lowest BCUT2D eigenvalue weighted by molar-refractivity contribution is -0.132. The summed E-state index contributed by atoms with van der Waals surface area (Å²) in [6.45, 7) is 14.4. The Morgan fingerprint density at radius 3 is 2.34 bits per heavy atom. The van der Waals surface area contributed by atoms with E-state index in [1.54, 1.807) is 20.8 Å². The van der Waals surface area contributed by atoms with E-state index in [4.69, 9.17) is 4.74 Å². The quantitative estimate of drug-likeness (QED) is 0.540. The Kier molecular flexibility index (Phi) is 9.10. The lowest BCUT2D eigenvalue weighted by atomic mass is 9.96. The Bertz CT molecular complexity index is 745. The van der Waals surface area contributed by atoms with Crippen LogP contribution in [0.25, 0.3) is 0 Å². The first-order chi connectivity index (χ1) is 14.9. The number of amides is 2. The van der Waals surface area contributed by atoms with Gasteiger partial charge in [-0.15, -0.1) is 0 Å². The van der Waals surface area contributed by atoms with Crippen LogP contribution in [0.3, 0.4) is 0 Å². The van der Waals surface area contributed by atoms with Crippen LogP contribution in [0.5, 0.6) is 0 Å². The maximum Gasteiger partial charge on any atom is 0.407 e. The van der Waals surface area contributed by atoms with Crippen molar-refractivity contribution in [2.75, 3.05) is 6.54 Å². The van der Waals surface area contributed by atoms with Crippen molar-refractivity contribution in [1.29, 1.82) is 0 Å². The summed E-state index contributed by atoms with van der Waals surface area (Å²) in [5.41, 5.74) is 0.291. The molecule has 0 bridgehead atoms. The Labute approximate surface area is 192 Å². The first-order valence-electron chi connectivity index (χ1n) is 11.7. The molecule has 0 spiro atoms. The van der Waals surface area contributed by atoms with Gasteiger partial charge >= 0.3 is 6.09 Å². The summed E-state index contributed by atoms with van der Waals surface area (Å²) in [5, 5.41) is 17.4. The van der Waals surface area contributed by atoms with Crippen LogP contribution in [-0.2, 0) is 16.0 Å². The molecule has 32 heavy (non-hydrogen) atoms. The predicted octanol–water partition coefficient (Wildman–Crippen LogP) is 3.31. The van der Waals surface area contributed by atoms with Crippen LogP contribution in [0.15, 0.2) is 30.3 Å². The van der Waals surface area contributed by atoms with Crippen molar-refractivity contribution in [2.45, 2.75) is 91.3 Å². The summed E-state index contributed by atoms with van der Waals surface area (Å²) < 4.78 is 5.41. The normalized spacial score (nSPS) is 21.2. The maximum atomic E-state index is 13.3. The number of alkyl carbamates (subject to hydrolysis) is 1. The molecule has 0 saturated carbocycles. The van der Waals surface area contributed by atoms with Crippen LogP contribution in [0.2, 0.25) is 0 Å². The van der Waals surface area contributed by atoms with Crippen LogP contribution >= 0.6 is 0 Å². The second-order valence-electron chi connectivity index (χ2n) is 10.5. The van der Waals surface area contributed by atoms with Crippen molar-refractivity contribution in [3.05, 3.63) is 35.9 Å². The SMILES string of the molecule is CC(C)CCN1C(=O)C([C@H](O)[C@H](Cc2ccccc2)NC(=O)OC(C)(C)C)NC1C(C)C. The third kappa shape index (κ3) is 7.48. The Hall–Kier alpha value is -2.12. The second kappa shape index (κ2) is 11.1. The number of nitrogens with zero attached hydrogens (tertiary/aromatic N) is 1. The molecule has 0 aromatic heterocycles. The number of nitrogens with one attached hydrogen (secondary N) is 2. The van der Waals surface area contributed by atoms with E-state index in [0.717, 1.165) is 12.0 Å². The lowest BCUT2D eigenvalue weighted by Crippen LogP contribution is -2.55. The molecule has 0 aliphatic carbocycles. The highest BCUT2D eigenvalue weighted by molar-refractivity contribution is 5.85. The minimum atomic E-state index is -1.11. The van der Waals surface area contributed by atoms with Crippen LogP contribution < -0.4 is 10.6 Å². The molecule has 0 radical (unpaired) electrons. The van der Waals surface area contributed by atoms with Crippen molar-refractivity contribution < 1.29 is 19.4 Å². The van der Waals surface area contributed by atoms with Gasteiger partial charge in [0.05, 0.1) is 18.3 Å². The third-order valence-electron chi connectivity index (χ3n) is 5.57. The van der Waals surface area contributed by atoms with Gasteiger partial charge in [-0.05, 0) is 51.0 Å². The van der Waals surface area contributed by atoms with Crippen molar-refractivity contribution in [1.82, 2.24) is 15.5 Å². The van der Waals surface area contributed by atoms with Crippen molar-refractivity contribution in [3.63, 3.8) is 0 Å². The Morgan fingerprint density at radius 1 is 1.19 bits per heavy atom. The van der Waals surface area contributed by atoms with Gasteiger partial charge in [0.25, 0.3) is 0 Å². The largest absolute Gasteiger partial charge is 0.444 e. The summed E-state index contributed by atoms with van der Waals surface area (Å²) in [6.07, 6.45) is -0.603. The molecular formula is C25H41N3O4. The number of hydrogen-bond donors (Lipinski definition) is 3. The molecule has 7 heteroatoms. The topological polar surface area (TPSA) is 90.9 Å². The van der Waals surface area contributed by atoms with E-state index in [1.807, 2.05) is 35.2 Å². The van der Waals surface area contributed by atoms with Gasteiger partial charge in [-0.2, -0.15) is 0 Å².